The Morgan fingerprint density at radius 3 is 2.36 bits per heavy atom. The third kappa shape index (κ3) is 4.30. The Morgan fingerprint density at radius 1 is 1.04 bits per heavy atom. The molecule has 1 aliphatic heterocycles. The first-order valence-corrected chi connectivity index (χ1v) is 8.75. The molecular weight excluding hydrogens is 341 g/mol. The largest absolute Gasteiger partial charge is 0.383 e. The first kappa shape index (κ1) is 17.3. The van der Waals surface area contributed by atoms with Crippen LogP contribution in [-0.4, -0.2) is 34.5 Å². The van der Waals surface area contributed by atoms with Gasteiger partial charge in [0.2, 0.25) is 0 Å². The van der Waals surface area contributed by atoms with Gasteiger partial charge < -0.3 is 10.6 Å². The van der Waals surface area contributed by atoms with Crippen LogP contribution in [0.4, 0.5) is 20.6 Å². The molecule has 0 saturated carbocycles. The maximum Gasteiger partial charge on any atom is 0.290 e. The van der Waals surface area contributed by atoms with Crippen LogP contribution in [0.1, 0.15) is 5.56 Å². The smallest absolute Gasteiger partial charge is 0.290 e. The Balaban J connectivity index is 1.53. The highest BCUT2D eigenvalue weighted by Crippen LogP contribution is 2.28. The standard InChI is InChI=1S/C18H18FN3O2S/c1-12-2-6-14(7-3-12)20-10-11-22-17(23)16(25-18(22)24)21-15-8-4-13(19)5-9-15/h2-9,16,20-21H,10-11H2,1H3. The minimum atomic E-state index is -0.683. The van der Waals surface area contributed by atoms with Gasteiger partial charge in [-0.3, -0.25) is 14.5 Å². The zero-order valence-corrected chi connectivity index (χ0v) is 14.5. The third-order valence-electron chi connectivity index (χ3n) is 3.79. The summed E-state index contributed by atoms with van der Waals surface area (Å²) in [6.07, 6.45) is 0. The average molecular weight is 359 g/mol. The molecule has 3 rings (SSSR count). The number of thioether (sulfide) groups is 1. The number of hydrogen-bond donors (Lipinski definition) is 2. The van der Waals surface area contributed by atoms with Crippen LogP contribution in [0.5, 0.6) is 0 Å². The third-order valence-corrected chi connectivity index (χ3v) is 4.76. The van der Waals surface area contributed by atoms with Crippen molar-refractivity contribution in [1.29, 1.82) is 0 Å². The lowest BCUT2D eigenvalue weighted by molar-refractivity contribution is -0.126. The van der Waals surface area contributed by atoms with Crippen LogP contribution < -0.4 is 10.6 Å². The van der Waals surface area contributed by atoms with E-state index < -0.39 is 5.37 Å². The molecule has 1 aliphatic rings. The van der Waals surface area contributed by atoms with Gasteiger partial charge in [0.05, 0.1) is 0 Å². The lowest BCUT2D eigenvalue weighted by atomic mass is 10.2. The molecule has 0 bridgehead atoms. The fraction of sp³-hybridized carbons (Fsp3) is 0.222. The number of carbonyl (C=O) groups is 2. The molecule has 0 aromatic heterocycles. The Kier molecular flexibility index (Phi) is 5.23. The van der Waals surface area contributed by atoms with E-state index in [0.29, 0.717) is 18.8 Å². The van der Waals surface area contributed by atoms with Gasteiger partial charge in [0.1, 0.15) is 5.82 Å². The van der Waals surface area contributed by atoms with E-state index in [1.165, 1.54) is 34.7 Å². The van der Waals surface area contributed by atoms with Crippen LogP contribution in [0, 0.1) is 12.7 Å². The number of nitrogens with zero attached hydrogens (tertiary/aromatic N) is 1. The lowest BCUT2D eigenvalue weighted by Crippen LogP contribution is -2.37. The second-order valence-corrected chi connectivity index (χ2v) is 6.75. The van der Waals surface area contributed by atoms with Crippen molar-refractivity contribution in [3.8, 4) is 0 Å². The summed E-state index contributed by atoms with van der Waals surface area (Å²) >= 11 is 0.934. The maximum atomic E-state index is 12.9. The second-order valence-electron chi connectivity index (χ2n) is 5.70. The van der Waals surface area contributed by atoms with E-state index in [-0.39, 0.29) is 17.0 Å². The van der Waals surface area contributed by atoms with Crippen LogP contribution in [-0.2, 0) is 4.79 Å². The first-order valence-electron chi connectivity index (χ1n) is 7.87. The van der Waals surface area contributed by atoms with Crippen LogP contribution in [0.3, 0.4) is 0 Å². The molecule has 2 N–H and O–H groups in total. The van der Waals surface area contributed by atoms with E-state index >= 15 is 0 Å². The van der Waals surface area contributed by atoms with Gasteiger partial charge in [-0.15, -0.1) is 0 Å². The van der Waals surface area contributed by atoms with Gasteiger partial charge in [-0.05, 0) is 55.1 Å². The summed E-state index contributed by atoms with van der Waals surface area (Å²) in [5.41, 5.74) is 2.71. The van der Waals surface area contributed by atoms with E-state index in [4.69, 9.17) is 0 Å². The topological polar surface area (TPSA) is 61.4 Å². The van der Waals surface area contributed by atoms with Crippen molar-refractivity contribution >= 4 is 34.3 Å². The zero-order chi connectivity index (χ0) is 17.8. The molecule has 5 nitrogen and oxygen atoms in total. The van der Waals surface area contributed by atoms with Crippen molar-refractivity contribution in [2.24, 2.45) is 0 Å². The molecule has 2 aromatic rings. The molecule has 7 heteroatoms. The summed E-state index contributed by atoms with van der Waals surface area (Å²) in [5.74, 6) is -0.638. The Hall–Kier alpha value is -2.54. The van der Waals surface area contributed by atoms with E-state index in [0.717, 1.165) is 17.4 Å². The zero-order valence-electron chi connectivity index (χ0n) is 13.7. The van der Waals surface area contributed by atoms with Gasteiger partial charge in [-0.1, -0.05) is 17.7 Å². The van der Waals surface area contributed by atoms with Crippen molar-refractivity contribution in [3.63, 3.8) is 0 Å². The first-order chi connectivity index (χ1) is 12.0. The minimum Gasteiger partial charge on any atom is -0.383 e. The normalized spacial score (nSPS) is 17.0. The molecule has 25 heavy (non-hydrogen) atoms. The predicted molar refractivity (Wildman–Crippen MR) is 98.2 cm³/mol. The number of amides is 2. The number of benzene rings is 2. The number of halogens is 1. The molecule has 1 atom stereocenters. The fourth-order valence-corrected chi connectivity index (χ4v) is 3.35. The minimum absolute atomic E-state index is 0.282. The summed E-state index contributed by atoms with van der Waals surface area (Å²) < 4.78 is 12.9. The number of carbonyl (C=O) groups excluding carboxylic acids is 2. The number of aryl methyl sites for hydroxylation is 1. The monoisotopic (exact) mass is 359 g/mol. The molecule has 1 fully saturated rings. The van der Waals surface area contributed by atoms with E-state index in [2.05, 4.69) is 10.6 Å². The van der Waals surface area contributed by atoms with Crippen LogP contribution >= 0.6 is 11.8 Å². The van der Waals surface area contributed by atoms with E-state index in [1.54, 1.807) is 0 Å². The highest BCUT2D eigenvalue weighted by molar-refractivity contribution is 8.15. The molecule has 0 aliphatic carbocycles. The van der Waals surface area contributed by atoms with Crippen LogP contribution in [0.2, 0.25) is 0 Å². The quantitative estimate of drug-likeness (QED) is 0.824. The molecule has 1 saturated heterocycles. The lowest BCUT2D eigenvalue weighted by Gasteiger charge is -2.15. The van der Waals surface area contributed by atoms with E-state index in [1.807, 2.05) is 31.2 Å². The number of nitrogens with one attached hydrogen (secondary N) is 2. The Labute approximate surface area is 149 Å². The van der Waals surface area contributed by atoms with Gasteiger partial charge in [-0.25, -0.2) is 4.39 Å². The van der Waals surface area contributed by atoms with Gasteiger partial charge in [0.25, 0.3) is 11.1 Å². The Morgan fingerprint density at radius 2 is 1.68 bits per heavy atom. The summed E-state index contributed by atoms with van der Waals surface area (Å²) in [6.45, 7) is 2.78. The summed E-state index contributed by atoms with van der Waals surface area (Å²) in [5, 5.41) is 5.18. The van der Waals surface area contributed by atoms with E-state index in [9.17, 15) is 14.0 Å². The average Bonchev–Trinajstić information content (AvgIpc) is 2.86. The number of anilines is 2. The van der Waals surface area contributed by atoms with Gasteiger partial charge in [-0.2, -0.15) is 0 Å². The second kappa shape index (κ2) is 7.57. The fourth-order valence-electron chi connectivity index (χ4n) is 2.42. The molecule has 0 spiro atoms. The van der Waals surface area contributed by atoms with Crippen LogP contribution in [0.15, 0.2) is 48.5 Å². The summed E-state index contributed by atoms with van der Waals surface area (Å²) in [7, 11) is 0. The molecule has 130 valence electrons. The maximum absolute atomic E-state index is 12.9. The molecule has 1 unspecified atom stereocenters. The molecular formula is C18H18FN3O2S. The van der Waals surface area contributed by atoms with Crippen molar-refractivity contribution in [2.45, 2.75) is 12.3 Å². The summed E-state index contributed by atoms with van der Waals surface area (Å²) in [4.78, 5) is 25.7. The number of imide groups is 1. The molecule has 2 aromatic carbocycles. The predicted octanol–water partition coefficient (Wildman–Crippen LogP) is 3.68. The van der Waals surface area contributed by atoms with Gasteiger partial charge in [0.15, 0.2) is 5.37 Å². The van der Waals surface area contributed by atoms with Crippen molar-refractivity contribution < 1.29 is 14.0 Å². The highest BCUT2D eigenvalue weighted by Gasteiger charge is 2.39. The molecule has 1 heterocycles. The molecule has 0 radical (unpaired) electrons. The number of rotatable bonds is 6. The Bertz CT molecular complexity index is 765. The number of hydrogen-bond acceptors (Lipinski definition) is 5. The molecule has 2 amide bonds. The van der Waals surface area contributed by atoms with Crippen molar-refractivity contribution in [1.82, 2.24) is 4.90 Å². The van der Waals surface area contributed by atoms with Gasteiger partial charge in [0, 0.05) is 24.5 Å². The SMILES string of the molecule is Cc1ccc(NCCN2C(=O)SC(Nc3ccc(F)cc3)C2=O)cc1. The van der Waals surface area contributed by atoms with Crippen LogP contribution in [0.25, 0.3) is 0 Å². The summed E-state index contributed by atoms with van der Waals surface area (Å²) in [6, 6.07) is 13.6. The van der Waals surface area contributed by atoms with Crippen molar-refractivity contribution in [2.75, 3.05) is 23.7 Å². The van der Waals surface area contributed by atoms with Crippen molar-refractivity contribution in [3.05, 3.63) is 59.9 Å². The highest BCUT2D eigenvalue weighted by atomic mass is 32.2. The van der Waals surface area contributed by atoms with Gasteiger partial charge >= 0.3 is 0 Å².